The molecule has 0 saturated carbocycles. The molecule has 0 atom stereocenters. The molecule has 3 nitrogen and oxygen atoms in total. The smallest absolute Gasteiger partial charge is 0.0953 e. The number of imidazole rings is 1. The van der Waals surface area contributed by atoms with Crippen LogP contribution in [0.4, 0.5) is 0 Å². The highest BCUT2D eigenvalue weighted by atomic mass is 15.0. The van der Waals surface area contributed by atoms with E-state index in [1.807, 2.05) is 6.33 Å². The molecule has 21 heavy (non-hydrogen) atoms. The molecule has 1 N–H and O–H groups in total. The van der Waals surface area contributed by atoms with Crippen molar-refractivity contribution in [3.8, 4) is 0 Å². The number of hydrogen-bond acceptors (Lipinski definition) is 2. The third-order valence-corrected chi connectivity index (χ3v) is 4.07. The Morgan fingerprint density at radius 1 is 1.24 bits per heavy atom. The van der Waals surface area contributed by atoms with Crippen molar-refractivity contribution >= 4 is 0 Å². The number of benzene rings is 1. The lowest BCUT2D eigenvalue weighted by Crippen LogP contribution is -2.19. The molecule has 0 aliphatic heterocycles. The SMILES string of the molecule is CC(C)CNCc1cn(Cc2ccc3c(c2)CCC3)cn1. The monoisotopic (exact) mass is 283 g/mol. The minimum Gasteiger partial charge on any atom is -0.333 e. The van der Waals surface area contributed by atoms with Crippen LogP contribution in [0.1, 0.15) is 42.7 Å². The lowest BCUT2D eigenvalue weighted by molar-refractivity contribution is 0.548. The van der Waals surface area contributed by atoms with E-state index in [4.69, 9.17) is 0 Å². The highest BCUT2D eigenvalue weighted by Gasteiger charge is 2.10. The Kier molecular flexibility index (Phi) is 4.39. The molecule has 1 aliphatic rings. The van der Waals surface area contributed by atoms with Gasteiger partial charge in [-0.1, -0.05) is 32.0 Å². The van der Waals surface area contributed by atoms with Crippen LogP contribution < -0.4 is 5.32 Å². The molecule has 0 amide bonds. The molecule has 112 valence electrons. The average Bonchev–Trinajstić information content (AvgIpc) is 3.07. The minimum absolute atomic E-state index is 0.679. The maximum atomic E-state index is 4.48. The van der Waals surface area contributed by atoms with Crippen LogP contribution in [0.15, 0.2) is 30.7 Å². The van der Waals surface area contributed by atoms with Crippen molar-refractivity contribution in [1.29, 1.82) is 0 Å². The number of aromatic nitrogens is 2. The predicted molar refractivity (Wildman–Crippen MR) is 86.3 cm³/mol. The summed E-state index contributed by atoms with van der Waals surface area (Å²) in [6, 6.07) is 6.94. The topological polar surface area (TPSA) is 29.9 Å². The van der Waals surface area contributed by atoms with Gasteiger partial charge >= 0.3 is 0 Å². The van der Waals surface area contributed by atoms with Gasteiger partial charge in [-0.05, 0) is 48.4 Å². The van der Waals surface area contributed by atoms with Gasteiger partial charge in [-0.15, -0.1) is 0 Å². The van der Waals surface area contributed by atoms with Crippen LogP contribution in [0.2, 0.25) is 0 Å². The molecule has 0 unspecified atom stereocenters. The van der Waals surface area contributed by atoms with Gasteiger partial charge in [0.25, 0.3) is 0 Å². The fraction of sp³-hybridized carbons (Fsp3) is 0.500. The van der Waals surface area contributed by atoms with E-state index in [-0.39, 0.29) is 0 Å². The summed E-state index contributed by atoms with van der Waals surface area (Å²) in [5, 5.41) is 3.44. The van der Waals surface area contributed by atoms with Crippen LogP contribution in [-0.4, -0.2) is 16.1 Å². The van der Waals surface area contributed by atoms with E-state index in [2.05, 4.69) is 53.1 Å². The molecule has 0 bridgehead atoms. The van der Waals surface area contributed by atoms with E-state index in [1.54, 1.807) is 11.1 Å². The van der Waals surface area contributed by atoms with Crippen molar-refractivity contribution < 1.29 is 0 Å². The van der Waals surface area contributed by atoms with Crippen LogP contribution in [0.5, 0.6) is 0 Å². The summed E-state index contributed by atoms with van der Waals surface area (Å²) in [6.07, 6.45) is 7.92. The van der Waals surface area contributed by atoms with Crippen molar-refractivity contribution in [2.75, 3.05) is 6.54 Å². The first-order chi connectivity index (χ1) is 10.2. The Bertz CT molecular complexity index is 598. The fourth-order valence-electron chi connectivity index (χ4n) is 3.01. The van der Waals surface area contributed by atoms with Gasteiger partial charge in [0.05, 0.1) is 12.0 Å². The Labute approximate surface area is 127 Å². The predicted octanol–water partition coefficient (Wildman–Crippen LogP) is 3.17. The highest BCUT2D eigenvalue weighted by molar-refractivity contribution is 5.35. The van der Waals surface area contributed by atoms with Crippen LogP contribution in [0, 0.1) is 5.92 Å². The molecule has 0 fully saturated rings. The van der Waals surface area contributed by atoms with E-state index in [1.165, 1.54) is 24.8 Å². The zero-order valence-electron chi connectivity index (χ0n) is 13.1. The van der Waals surface area contributed by atoms with Gasteiger partial charge in [0.1, 0.15) is 0 Å². The number of rotatable bonds is 6. The molecule has 3 heteroatoms. The number of nitrogens with zero attached hydrogens (tertiary/aromatic N) is 2. The molecule has 0 saturated heterocycles. The molecule has 1 heterocycles. The summed E-state index contributed by atoms with van der Waals surface area (Å²) < 4.78 is 2.18. The first-order valence-electron chi connectivity index (χ1n) is 8.03. The maximum Gasteiger partial charge on any atom is 0.0953 e. The summed E-state index contributed by atoms with van der Waals surface area (Å²) in [6.45, 7) is 7.26. The summed E-state index contributed by atoms with van der Waals surface area (Å²) in [4.78, 5) is 4.48. The van der Waals surface area contributed by atoms with Gasteiger partial charge < -0.3 is 9.88 Å². The molecule has 0 spiro atoms. The second-order valence-corrected chi connectivity index (χ2v) is 6.52. The van der Waals surface area contributed by atoms with Crippen LogP contribution >= 0.6 is 0 Å². The van der Waals surface area contributed by atoms with Crippen molar-refractivity contribution in [1.82, 2.24) is 14.9 Å². The van der Waals surface area contributed by atoms with E-state index in [0.717, 1.165) is 25.3 Å². The van der Waals surface area contributed by atoms with Crippen LogP contribution in [-0.2, 0) is 25.9 Å². The van der Waals surface area contributed by atoms with Crippen molar-refractivity contribution in [2.45, 2.75) is 46.2 Å². The molecule has 1 aromatic heterocycles. The molecule has 1 aliphatic carbocycles. The van der Waals surface area contributed by atoms with Crippen LogP contribution in [0.25, 0.3) is 0 Å². The Morgan fingerprint density at radius 3 is 2.95 bits per heavy atom. The summed E-state index contributed by atoms with van der Waals surface area (Å²) in [7, 11) is 0. The van der Waals surface area contributed by atoms with Crippen molar-refractivity contribution in [3.05, 3.63) is 53.1 Å². The van der Waals surface area contributed by atoms with E-state index in [0.29, 0.717) is 5.92 Å². The van der Waals surface area contributed by atoms with E-state index in [9.17, 15) is 0 Å². The van der Waals surface area contributed by atoms with Gasteiger partial charge in [0, 0.05) is 19.3 Å². The molecular weight excluding hydrogens is 258 g/mol. The zero-order valence-corrected chi connectivity index (χ0v) is 13.1. The Balaban J connectivity index is 1.59. The third-order valence-electron chi connectivity index (χ3n) is 4.07. The number of fused-ring (bicyclic) bond motifs is 1. The normalized spacial score (nSPS) is 13.9. The molecule has 3 rings (SSSR count). The Morgan fingerprint density at radius 2 is 2.10 bits per heavy atom. The minimum atomic E-state index is 0.679. The largest absolute Gasteiger partial charge is 0.333 e. The maximum absolute atomic E-state index is 4.48. The van der Waals surface area contributed by atoms with Gasteiger partial charge in [-0.25, -0.2) is 4.98 Å². The molecule has 0 radical (unpaired) electrons. The van der Waals surface area contributed by atoms with Crippen molar-refractivity contribution in [2.24, 2.45) is 5.92 Å². The first-order valence-corrected chi connectivity index (χ1v) is 8.03. The zero-order chi connectivity index (χ0) is 14.7. The van der Waals surface area contributed by atoms with Crippen LogP contribution in [0.3, 0.4) is 0 Å². The second-order valence-electron chi connectivity index (χ2n) is 6.52. The van der Waals surface area contributed by atoms with Gasteiger partial charge in [-0.2, -0.15) is 0 Å². The standard InChI is InChI=1S/C18H25N3/c1-14(2)9-19-10-18-12-21(13-20-18)11-15-6-7-16-4-3-5-17(16)8-15/h6-8,12-14,19H,3-5,9-11H2,1-2H3. The number of hydrogen-bond donors (Lipinski definition) is 1. The highest BCUT2D eigenvalue weighted by Crippen LogP contribution is 2.23. The summed E-state index contributed by atoms with van der Waals surface area (Å²) >= 11 is 0. The second kappa shape index (κ2) is 6.44. The molecule has 2 aromatic rings. The van der Waals surface area contributed by atoms with E-state index >= 15 is 0 Å². The lowest BCUT2D eigenvalue weighted by Gasteiger charge is -2.06. The quantitative estimate of drug-likeness (QED) is 0.882. The lowest BCUT2D eigenvalue weighted by atomic mass is 10.1. The molecular formula is C18H25N3. The molecule has 1 aromatic carbocycles. The number of aryl methyl sites for hydroxylation is 2. The van der Waals surface area contributed by atoms with Gasteiger partial charge in [0.15, 0.2) is 0 Å². The van der Waals surface area contributed by atoms with E-state index < -0.39 is 0 Å². The van der Waals surface area contributed by atoms with Gasteiger partial charge in [0.2, 0.25) is 0 Å². The first kappa shape index (κ1) is 14.3. The third kappa shape index (κ3) is 3.73. The van der Waals surface area contributed by atoms with Crippen molar-refractivity contribution in [3.63, 3.8) is 0 Å². The summed E-state index contributed by atoms with van der Waals surface area (Å²) in [5.74, 6) is 0.679. The average molecular weight is 283 g/mol. The number of nitrogens with one attached hydrogen (secondary N) is 1. The fourth-order valence-corrected chi connectivity index (χ4v) is 3.01. The summed E-state index contributed by atoms with van der Waals surface area (Å²) in [5.41, 5.74) is 5.60. The Hall–Kier alpha value is -1.61. The van der Waals surface area contributed by atoms with Gasteiger partial charge in [-0.3, -0.25) is 0 Å².